The van der Waals surface area contributed by atoms with Crippen LogP contribution in [0.4, 0.5) is 0 Å². The molecule has 1 aliphatic carbocycles. The summed E-state index contributed by atoms with van der Waals surface area (Å²) in [5, 5.41) is 14.6. The van der Waals surface area contributed by atoms with Crippen LogP contribution in [0.3, 0.4) is 0 Å². The minimum Gasteiger partial charge on any atom is -0.481 e. The molecule has 0 amide bonds. The molecule has 1 aromatic heterocycles. The van der Waals surface area contributed by atoms with E-state index in [1.807, 2.05) is 0 Å². The predicted octanol–water partition coefficient (Wildman–Crippen LogP) is 3.29. The van der Waals surface area contributed by atoms with Crippen LogP contribution in [0.15, 0.2) is 15.9 Å². The highest BCUT2D eigenvalue weighted by atomic mass is 79.9. The smallest absolute Gasteiger partial charge is 0.306 e. The van der Waals surface area contributed by atoms with E-state index in [9.17, 15) is 4.79 Å². The highest BCUT2D eigenvalue weighted by Gasteiger charge is 2.25. The molecule has 0 spiro atoms. The molecule has 1 saturated carbocycles. The van der Waals surface area contributed by atoms with E-state index in [0.717, 1.165) is 43.1 Å². The lowest BCUT2D eigenvalue weighted by Crippen LogP contribution is -2.35. The number of aliphatic carboxylic acids is 1. The van der Waals surface area contributed by atoms with Gasteiger partial charge in [-0.1, -0.05) is 0 Å². The summed E-state index contributed by atoms with van der Waals surface area (Å²) in [4.78, 5) is 12.2. The Labute approximate surface area is 120 Å². The molecule has 1 aliphatic rings. The van der Waals surface area contributed by atoms with Crippen molar-refractivity contribution >= 4 is 33.2 Å². The first kappa shape index (κ1) is 14.0. The van der Waals surface area contributed by atoms with Gasteiger partial charge < -0.3 is 10.4 Å². The lowest BCUT2D eigenvalue weighted by atomic mass is 9.86. The number of hydrogen-bond acceptors (Lipinski definition) is 3. The van der Waals surface area contributed by atoms with E-state index in [-0.39, 0.29) is 5.92 Å². The van der Waals surface area contributed by atoms with Crippen LogP contribution < -0.4 is 5.32 Å². The molecule has 0 bridgehead atoms. The van der Waals surface area contributed by atoms with Gasteiger partial charge in [0.1, 0.15) is 0 Å². The van der Waals surface area contributed by atoms with Crippen LogP contribution in [0.5, 0.6) is 0 Å². The van der Waals surface area contributed by atoms with E-state index in [0.29, 0.717) is 6.04 Å². The van der Waals surface area contributed by atoms with Gasteiger partial charge in [-0.05, 0) is 54.1 Å². The molecule has 0 aromatic carbocycles. The third-order valence-corrected chi connectivity index (χ3v) is 5.26. The monoisotopic (exact) mass is 331 g/mol. The fourth-order valence-corrected chi connectivity index (χ4v) is 3.88. The van der Waals surface area contributed by atoms with E-state index < -0.39 is 5.97 Å². The number of nitrogens with one attached hydrogen (secondary N) is 1. The maximum absolute atomic E-state index is 10.8. The SMILES string of the molecule is O=C(O)C1CCC(NCCc2cc(Br)cs2)CC1. The topological polar surface area (TPSA) is 49.3 Å². The number of carbonyl (C=O) groups is 1. The van der Waals surface area contributed by atoms with Gasteiger partial charge in [-0.25, -0.2) is 0 Å². The molecule has 1 aromatic rings. The molecule has 1 fully saturated rings. The Morgan fingerprint density at radius 3 is 2.72 bits per heavy atom. The molecule has 18 heavy (non-hydrogen) atoms. The number of rotatable bonds is 5. The Hall–Kier alpha value is -0.390. The number of carboxylic acids is 1. The summed E-state index contributed by atoms with van der Waals surface area (Å²) in [6, 6.07) is 2.66. The van der Waals surface area contributed by atoms with Gasteiger partial charge in [-0.2, -0.15) is 0 Å². The zero-order valence-corrected chi connectivity index (χ0v) is 12.6. The molecule has 0 unspecified atom stereocenters. The van der Waals surface area contributed by atoms with Gasteiger partial charge in [-0.3, -0.25) is 4.79 Å². The van der Waals surface area contributed by atoms with Crippen molar-refractivity contribution in [3.8, 4) is 0 Å². The summed E-state index contributed by atoms with van der Waals surface area (Å²) in [7, 11) is 0. The molecule has 0 aliphatic heterocycles. The summed E-state index contributed by atoms with van der Waals surface area (Å²) in [6.45, 7) is 0.982. The predicted molar refractivity (Wildman–Crippen MR) is 77.1 cm³/mol. The fourth-order valence-electron chi connectivity index (χ4n) is 2.43. The number of thiophene rings is 1. The maximum Gasteiger partial charge on any atom is 0.306 e. The van der Waals surface area contributed by atoms with Crippen LogP contribution in [0, 0.1) is 5.92 Å². The molecular formula is C13H18BrNO2S. The minimum absolute atomic E-state index is 0.115. The second-order valence-corrected chi connectivity index (χ2v) is 6.73. The second-order valence-electron chi connectivity index (χ2n) is 4.82. The highest BCUT2D eigenvalue weighted by molar-refractivity contribution is 9.10. The van der Waals surface area contributed by atoms with E-state index in [2.05, 4.69) is 32.7 Å². The lowest BCUT2D eigenvalue weighted by molar-refractivity contribution is -0.142. The van der Waals surface area contributed by atoms with Crippen LogP contribution >= 0.6 is 27.3 Å². The van der Waals surface area contributed by atoms with Crippen LogP contribution in [0.25, 0.3) is 0 Å². The summed E-state index contributed by atoms with van der Waals surface area (Å²) in [5.41, 5.74) is 0. The van der Waals surface area contributed by atoms with Crippen molar-refractivity contribution in [1.82, 2.24) is 5.32 Å². The average Bonchev–Trinajstić information content (AvgIpc) is 2.76. The van der Waals surface area contributed by atoms with Gasteiger partial charge in [-0.15, -0.1) is 11.3 Å². The van der Waals surface area contributed by atoms with Gasteiger partial charge >= 0.3 is 5.97 Å². The first-order chi connectivity index (χ1) is 8.65. The zero-order chi connectivity index (χ0) is 13.0. The molecule has 100 valence electrons. The average molecular weight is 332 g/mol. The Kier molecular flexibility index (Phi) is 5.21. The van der Waals surface area contributed by atoms with Gasteiger partial charge in [0.2, 0.25) is 0 Å². The molecular weight excluding hydrogens is 314 g/mol. The zero-order valence-electron chi connectivity index (χ0n) is 10.2. The molecule has 2 rings (SSSR count). The third-order valence-electron chi connectivity index (χ3n) is 3.50. The first-order valence-corrected chi connectivity index (χ1v) is 8.01. The highest BCUT2D eigenvalue weighted by Crippen LogP contribution is 2.24. The van der Waals surface area contributed by atoms with Crippen molar-refractivity contribution < 1.29 is 9.90 Å². The van der Waals surface area contributed by atoms with Crippen molar-refractivity contribution in [2.24, 2.45) is 5.92 Å². The Morgan fingerprint density at radius 2 is 2.17 bits per heavy atom. The fraction of sp³-hybridized carbons (Fsp3) is 0.615. The van der Waals surface area contributed by atoms with Crippen molar-refractivity contribution in [1.29, 1.82) is 0 Å². The van der Waals surface area contributed by atoms with E-state index in [1.165, 1.54) is 4.88 Å². The number of halogens is 1. The standard InChI is InChI=1S/C13H18BrNO2S/c14-10-7-12(18-8-10)5-6-15-11-3-1-9(2-4-11)13(16)17/h7-9,11,15H,1-6H2,(H,16,17). The Balaban J connectivity index is 1.65. The second kappa shape index (κ2) is 6.68. The Morgan fingerprint density at radius 1 is 1.44 bits per heavy atom. The first-order valence-electron chi connectivity index (χ1n) is 6.34. The van der Waals surface area contributed by atoms with E-state index in [4.69, 9.17) is 5.11 Å². The maximum atomic E-state index is 10.8. The quantitative estimate of drug-likeness (QED) is 0.870. The number of carboxylic acid groups (broad SMARTS) is 1. The number of hydrogen-bond donors (Lipinski definition) is 2. The van der Waals surface area contributed by atoms with Crippen molar-refractivity contribution in [3.63, 3.8) is 0 Å². The van der Waals surface area contributed by atoms with Crippen LogP contribution in [-0.4, -0.2) is 23.7 Å². The minimum atomic E-state index is -0.628. The summed E-state index contributed by atoms with van der Waals surface area (Å²) < 4.78 is 1.16. The molecule has 1 heterocycles. The Bertz CT molecular complexity index is 399. The van der Waals surface area contributed by atoms with Crippen molar-refractivity contribution in [2.75, 3.05) is 6.54 Å². The van der Waals surface area contributed by atoms with Gasteiger partial charge in [0.15, 0.2) is 0 Å². The van der Waals surface area contributed by atoms with Gasteiger partial charge in [0.25, 0.3) is 0 Å². The molecule has 2 N–H and O–H groups in total. The van der Waals surface area contributed by atoms with Crippen LogP contribution in [0.1, 0.15) is 30.6 Å². The molecule has 0 atom stereocenters. The van der Waals surface area contributed by atoms with Crippen molar-refractivity contribution in [2.45, 2.75) is 38.1 Å². The van der Waals surface area contributed by atoms with E-state index in [1.54, 1.807) is 11.3 Å². The normalized spacial score (nSPS) is 24.1. The van der Waals surface area contributed by atoms with Crippen molar-refractivity contribution in [3.05, 3.63) is 20.8 Å². The summed E-state index contributed by atoms with van der Waals surface area (Å²) >= 11 is 5.23. The largest absolute Gasteiger partial charge is 0.481 e. The summed E-state index contributed by atoms with van der Waals surface area (Å²) in [6.07, 6.45) is 4.67. The summed E-state index contributed by atoms with van der Waals surface area (Å²) in [5.74, 6) is -0.742. The van der Waals surface area contributed by atoms with Gasteiger partial charge in [0, 0.05) is 27.3 Å². The molecule has 3 nitrogen and oxygen atoms in total. The van der Waals surface area contributed by atoms with Crippen LogP contribution in [0.2, 0.25) is 0 Å². The lowest BCUT2D eigenvalue weighted by Gasteiger charge is -2.26. The molecule has 5 heteroatoms. The van der Waals surface area contributed by atoms with Crippen LogP contribution in [-0.2, 0) is 11.2 Å². The van der Waals surface area contributed by atoms with E-state index >= 15 is 0 Å². The van der Waals surface area contributed by atoms with Gasteiger partial charge in [0.05, 0.1) is 5.92 Å². The molecule has 0 saturated heterocycles. The third kappa shape index (κ3) is 4.07. The molecule has 0 radical (unpaired) electrons.